The number of hydrogen-bond donors (Lipinski definition) is 2. The first-order valence-electron chi connectivity index (χ1n) is 7.24. The van der Waals surface area contributed by atoms with Crippen molar-refractivity contribution in [2.45, 2.75) is 19.8 Å². The average molecular weight is 294 g/mol. The number of anilines is 2. The van der Waals surface area contributed by atoms with Crippen LogP contribution < -0.4 is 10.6 Å². The van der Waals surface area contributed by atoms with Gasteiger partial charge in [0.25, 0.3) is 5.91 Å². The van der Waals surface area contributed by atoms with Gasteiger partial charge in [-0.1, -0.05) is 13.3 Å². The number of carbonyl (C=O) groups is 1. The molecule has 112 valence electrons. The van der Waals surface area contributed by atoms with Crippen LogP contribution in [0.15, 0.2) is 42.6 Å². The van der Waals surface area contributed by atoms with Gasteiger partial charge in [0.2, 0.25) is 0 Å². The molecule has 1 heterocycles. The van der Waals surface area contributed by atoms with E-state index in [1.807, 2.05) is 12.1 Å². The number of carbonyl (C=O) groups excluding carboxylic acids is 1. The third kappa shape index (κ3) is 4.32. The molecule has 5 nitrogen and oxygen atoms in total. The minimum Gasteiger partial charge on any atom is -0.354 e. The Balaban J connectivity index is 1.96. The van der Waals surface area contributed by atoms with Gasteiger partial charge >= 0.3 is 0 Å². The number of aromatic nitrogens is 1. The fourth-order valence-corrected chi connectivity index (χ4v) is 1.87. The summed E-state index contributed by atoms with van der Waals surface area (Å²) in [6.45, 7) is 2.75. The van der Waals surface area contributed by atoms with Crippen LogP contribution in [0.25, 0.3) is 0 Å². The van der Waals surface area contributed by atoms with Crippen LogP contribution in [0, 0.1) is 11.3 Å². The highest BCUT2D eigenvalue weighted by molar-refractivity contribution is 5.92. The van der Waals surface area contributed by atoms with Crippen molar-refractivity contribution in [2.24, 2.45) is 0 Å². The smallest absolute Gasteiger partial charge is 0.269 e. The molecule has 0 spiro atoms. The molecule has 0 radical (unpaired) electrons. The van der Waals surface area contributed by atoms with Crippen LogP contribution >= 0.6 is 0 Å². The first kappa shape index (κ1) is 15.5. The number of unbranched alkanes of at least 4 members (excludes halogenated alkanes) is 1. The molecule has 2 rings (SSSR count). The maximum Gasteiger partial charge on any atom is 0.269 e. The summed E-state index contributed by atoms with van der Waals surface area (Å²) in [6, 6.07) is 12.7. The van der Waals surface area contributed by atoms with Gasteiger partial charge in [0, 0.05) is 12.2 Å². The second-order valence-corrected chi connectivity index (χ2v) is 4.86. The minimum atomic E-state index is -0.154. The third-order valence-corrected chi connectivity index (χ3v) is 3.11. The number of nitriles is 1. The fraction of sp³-hybridized carbons (Fsp3) is 0.235. The molecule has 0 aliphatic carbocycles. The van der Waals surface area contributed by atoms with Crippen LogP contribution in [-0.2, 0) is 0 Å². The third-order valence-electron chi connectivity index (χ3n) is 3.11. The van der Waals surface area contributed by atoms with Gasteiger partial charge in [-0.25, -0.2) is 4.98 Å². The number of pyridine rings is 1. The van der Waals surface area contributed by atoms with Crippen molar-refractivity contribution in [1.82, 2.24) is 10.3 Å². The molecule has 0 saturated heterocycles. The van der Waals surface area contributed by atoms with Crippen molar-refractivity contribution in [2.75, 3.05) is 11.9 Å². The van der Waals surface area contributed by atoms with Gasteiger partial charge in [0.1, 0.15) is 5.69 Å². The number of nitrogens with one attached hydrogen (secondary N) is 2. The van der Waals surface area contributed by atoms with E-state index in [1.165, 1.54) is 0 Å². The summed E-state index contributed by atoms with van der Waals surface area (Å²) in [5.74, 6) is -0.154. The zero-order valence-electron chi connectivity index (χ0n) is 12.5. The van der Waals surface area contributed by atoms with E-state index >= 15 is 0 Å². The summed E-state index contributed by atoms with van der Waals surface area (Å²) in [7, 11) is 0. The topological polar surface area (TPSA) is 77.8 Å². The van der Waals surface area contributed by atoms with E-state index in [9.17, 15) is 4.79 Å². The van der Waals surface area contributed by atoms with Crippen LogP contribution in [0.5, 0.6) is 0 Å². The predicted octanol–water partition coefficient (Wildman–Crippen LogP) is 3.23. The van der Waals surface area contributed by atoms with Crippen molar-refractivity contribution in [3.05, 3.63) is 53.9 Å². The zero-order chi connectivity index (χ0) is 15.8. The van der Waals surface area contributed by atoms with E-state index in [2.05, 4.69) is 28.6 Å². The normalized spacial score (nSPS) is 9.82. The Morgan fingerprint density at radius 3 is 2.50 bits per heavy atom. The van der Waals surface area contributed by atoms with Gasteiger partial charge in [-0.05, 0) is 42.8 Å². The number of benzene rings is 1. The summed E-state index contributed by atoms with van der Waals surface area (Å²) in [5, 5.41) is 14.8. The molecule has 0 bridgehead atoms. The quantitative estimate of drug-likeness (QED) is 0.802. The van der Waals surface area contributed by atoms with Gasteiger partial charge in [-0.2, -0.15) is 5.26 Å². The molecule has 0 aliphatic heterocycles. The molecule has 5 heteroatoms. The van der Waals surface area contributed by atoms with Crippen molar-refractivity contribution in [3.63, 3.8) is 0 Å². The van der Waals surface area contributed by atoms with Crippen molar-refractivity contribution < 1.29 is 4.79 Å². The molecule has 1 amide bonds. The Labute approximate surface area is 130 Å². The lowest BCUT2D eigenvalue weighted by Gasteiger charge is -2.07. The molecule has 0 saturated carbocycles. The van der Waals surface area contributed by atoms with Crippen molar-refractivity contribution >= 4 is 17.3 Å². The number of hydrogen-bond acceptors (Lipinski definition) is 4. The van der Waals surface area contributed by atoms with Crippen LogP contribution in [-0.4, -0.2) is 17.4 Å². The standard InChI is InChI=1S/C17H18N4O/c1-2-3-10-19-17(22)16-9-8-15(12-20-16)21-14-6-4-13(11-18)5-7-14/h4-9,12,21H,2-3,10H2,1H3,(H,19,22). The maximum absolute atomic E-state index is 11.8. The lowest BCUT2D eigenvalue weighted by Crippen LogP contribution is -2.25. The van der Waals surface area contributed by atoms with Crippen LogP contribution in [0.2, 0.25) is 0 Å². The Morgan fingerprint density at radius 1 is 1.18 bits per heavy atom. The van der Waals surface area contributed by atoms with E-state index in [4.69, 9.17) is 5.26 Å². The summed E-state index contributed by atoms with van der Waals surface area (Å²) in [5.41, 5.74) is 2.67. The summed E-state index contributed by atoms with van der Waals surface area (Å²) < 4.78 is 0. The fourth-order valence-electron chi connectivity index (χ4n) is 1.87. The molecule has 22 heavy (non-hydrogen) atoms. The molecule has 1 aromatic heterocycles. The molecule has 2 N–H and O–H groups in total. The summed E-state index contributed by atoms with van der Waals surface area (Å²) >= 11 is 0. The molecule has 2 aromatic rings. The van der Waals surface area contributed by atoms with E-state index in [0.717, 1.165) is 24.2 Å². The predicted molar refractivity (Wildman–Crippen MR) is 85.9 cm³/mol. The van der Waals surface area contributed by atoms with Crippen LogP contribution in [0.3, 0.4) is 0 Å². The number of rotatable bonds is 6. The SMILES string of the molecule is CCCCNC(=O)c1ccc(Nc2ccc(C#N)cc2)cn1. The highest BCUT2D eigenvalue weighted by atomic mass is 16.1. The van der Waals surface area contributed by atoms with E-state index in [1.54, 1.807) is 30.5 Å². The monoisotopic (exact) mass is 294 g/mol. The van der Waals surface area contributed by atoms with Crippen LogP contribution in [0.1, 0.15) is 35.8 Å². The number of amides is 1. The van der Waals surface area contributed by atoms with Gasteiger partial charge in [-0.15, -0.1) is 0 Å². The van der Waals surface area contributed by atoms with E-state index < -0.39 is 0 Å². The Morgan fingerprint density at radius 2 is 1.91 bits per heavy atom. The Hall–Kier alpha value is -2.87. The first-order valence-corrected chi connectivity index (χ1v) is 7.24. The molecule has 0 unspecified atom stereocenters. The lowest BCUT2D eigenvalue weighted by atomic mass is 10.2. The summed E-state index contributed by atoms with van der Waals surface area (Å²) in [4.78, 5) is 16.0. The van der Waals surface area contributed by atoms with Crippen LogP contribution in [0.4, 0.5) is 11.4 Å². The number of nitrogens with zero attached hydrogens (tertiary/aromatic N) is 2. The first-order chi connectivity index (χ1) is 10.7. The zero-order valence-corrected chi connectivity index (χ0v) is 12.5. The Kier molecular flexibility index (Phi) is 5.50. The summed E-state index contributed by atoms with van der Waals surface area (Å²) in [6.07, 6.45) is 3.62. The minimum absolute atomic E-state index is 0.154. The molecule has 0 aliphatic rings. The van der Waals surface area contributed by atoms with E-state index in [0.29, 0.717) is 17.8 Å². The molecular weight excluding hydrogens is 276 g/mol. The molecule has 0 atom stereocenters. The maximum atomic E-state index is 11.8. The highest BCUT2D eigenvalue weighted by Gasteiger charge is 2.06. The van der Waals surface area contributed by atoms with Crippen molar-refractivity contribution in [3.8, 4) is 6.07 Å². The average Bonchev–Trinajstić information content (AvgIpc) is 2.56. The Bertz CT molecular complexity index is 657. The largest absolute Gasteiger partial charge is 0.354 e. The molecule has 1 aromatic carbocycles. The second kappa shape index (κ2) is 7.79. The highest BCUT2D eigenvalue weighted by Crippen LogP contribution is 2.16. The van der Waals surface area contributed by atoms with Gasteiger partial charge < -0.3 is 10.6 Å². The van der Waals surface area contributed by atoms with Crippen molar-refractivity contribution in [1.29, 1.82) is 5.26 Å². The second-order valence-electron chi connectivity index (χ2n) is 4.86. The molecule has 0 fully saturated rings. The van der Waals surface area contributed by atoms with Gasteiger partial charge in [0.05, 0.1) is 23.5 Å². The van der Waals surface area contributed by atoms with E-state index in [-0.39, 0.29) is 5.91 Å². The molecular formula is C17H18N4O. The lowest BCUT2D eigenvalue weighted by molar-refractivity contribution is 0.0948. The van der Waals surface area contributed by atoms with Gasteiger partial charge in [0.15, 0.2) is 0 Å². The van der Waals surface area contributed by atoms with Gasteiger partial charge in [-0.3, -0.25) is 4.79 Å².